The summed E-state index contributed by atoms with van der Waals surface area (Å²) in [6.45, 7) is 4.64. The Labute approximate surface area is 101 Å². The quantitative estimate of drug-likeness (QED) is 0.857. The first-order valence-corrected chi connectivity index (χ1v) is 5.70. The van der Waals surface area contributed by atoms with Crippen molar-refractivity contribution in [3.8, 4) is 5.75 Å². The zero-order valence-electron chi connectivity index (χ0n) is 10.4. The van der Waals surface area contributed by atoms with Crippen LogP contribution in [0.1, 0.15) is 30.6 Å². The van der Waals surface area contributed by atoms with Crippen LogP contribution in [0, 0.1) is 11.7 Å². The minimum Gasteiger partial charge on any atom is -0.497 e. The minimum absolute atomic E-state index is 0.0501. The molecule has 0 aromatic heterocycles. The number of methoxy groups -OCH3 is 1. The van der Waals surface area contributed by atoms with E-state index in [0.29, 0.717) is 18.2 Å². The fraction of sp³-hybridized carbons (Fsp3) is 0.462. The van der Waals surface area contributed by atoms with Crippen molar-refractivity contribution in [3.05, 3.63) is 29.6 Å². The molecule has 3 nitrogen and oxygen atoms in total. The zero-order chi connectivity index (χ0) is 12.8. The highest BCUT2D eigenvalue weighted by atomic mass is 19.1. The molecule has 0 spiro atoms. The lowest BCUT2D eigenvalue weighted by atomic mass is 10.1. The summed E-state index contributed by atoms with van der Waals surface area (Å²) >= 11 is 0. The topological polar surface area (TPSA) is 38.3 Å². The van der Waals surface area contributed by atoms with E-state index in [0.717, 1.165) is 6.42 Å². The number of carbonyl (C=O) groups excluding carboxylic acids is 1. The van der Waals surface area contributed by atoms with Gasteiger partial charge >= 0.3 is 0 Å². The van der Waals surface area contributed by atoms with Gasteiger partial charge in [-0.2, -0.15) is 0 Å². The second-order valence-corrected chi connectivity index (χ2v) is 4.07. The molecule has 1 unspecified atom stereocenters. The average Bonchev–Trinajstić information content (AvgIpc) is 2.35. The monoisotopic (exact) mass is 239 g/mol. The first kappa shape index (κ1) is 13.5. The Morgan fingerprint density at radius 1 is 1.53 bits per heavy atom. The van der Waals surface area contributed by atoms with E-state index in [1.807, 2.05) is 13.8 Å². The maximum absolute atomic E-state index is 13.6. The summed E-state index contributed by atoms with van der Waals surface area (Å²) in [6.07, 6.45) is 0.978. The first-order valence-electron chi connectivity index (χ1n) is 5.70. The Morgan fingerprint density at radius 3 is 2.76 bits per heavy atom. The molecule has 0 fully saturated rings. The summed E-state index contributed by atoms with van der Waals surface area (Å²) in [4.78, 5) is 11.7. The highest BCUT2D eigenvalue weighted by Gasteiger charge is 2.12. The van der Waals surface area contributed by atoms with Gasteiger partial charge in [0.05, 0.1) is 12.7 Å². The molecule has 0 aliphatic carbocycles. The number of nitrogens with one attached hydrogen (secondary N) is 1. The van der Waals surface area contributed by atoms with Crippen LogP contribution in [-0.2, 0) is 0 Å². The molecule has 1 atom stereocenters. The van der Waals surface area contributed by atoms with E-state index < -0.39 is 5.82 Å². The molecule has 0 saturated heterocycles. The van der Waals surface area contributed by atoms with Crippen molar-refractivity contribution in [3.63, 3.8) is 0 Å². The van der Waals surface area contributed by atoms with Gasteiger partial charge in [0.15, 0.2) is 0 Å². The third kappa shape index (κ3) is 3.73. The third-order valence-electron chi connectivity index (χ3n) is 2.73. The van der Waals surface area contributed by atoms with Gasteiger partial charge in [0.1, 0.15) is 11.6 Å². The number of carbonyl (C=O) groups is 1. The number of amides is 1. The van der Waals surface area contributed by atoms with Gasteiger partial charge in [-0.25, -0.2) is 4.39 Å². The number of halogens is 1. The van der Waals surface area contributed by atoms with Crippen molar-refractivity contribution < 1.29 is 13.9 Å². The summed E-state index contributed by atoms with van der Waals surface area (Å²) in [5, 5.41) is 2.71. The summed E-state index contributed by atoms with van der Waals surface area (Å²) in [5.41, 5.74) is 0.0501. The Hall–Kier alpha value is -1.58. The second kappa shape index (κ2) is 6.23. The lowest BCUT2D eigenvalue weighted by Crippen LogP contribution is -2.28. The molecule has 0 heterocycles. The molecule has 1 amide bonds. The van der Waals surface area contributed by atoms with Crippen LogP contribution in [0.25, 0.3) is 0 Å². The summed E-state index contributed by atoms with van der Waals surface area (Å²) in [5.74, 6) is -0.155. The van der Waals surface area contributed by atoms with Gasteiger partial charge in [0.25, 0.3) is 5.91 Å². The van der Waals surface area contributed by atoms with E-state index >= 15 is 0 Å². The molecule has 1 N–H and O–H groups in total. The van der Waals surface area contributed by atoms with E-state index in [1.165, 1.54) is 19.2 Å². The molecule has 4 heteroatoms. The number of hydrogen-bond acceptors (Lipinski definition) is 2. The summed E-state index contributed by atoms with van der Waals surface area (Å²) < 4.78 is 18.4. The molecule has 0 aliphatic rings. The summed E-state index contributed by atoms with van der Waals surface area (Å²) in [7, 11) is 1.46. The van der Waals surface area contributed by atoms with Gasteiger partial charge in [0, 0.05) is 12.6 Å². The molecule has 0 bridgehead atoms. The number of ether oxygens (including phenoxy) is 1. The predicted octanol–water partition coefficient (Wildman–Crippen LogP) is 2.61. The number of rotatable bonds is 5. The van der Waals surface area contributed by atoms with E-state index in [-0.39, 0.29) is 11.5 Å². The SMILES string of the molecule is CCC(C)CNC(=O)c1ccc(OC)cc1F. The van der Waals surface area contributed by atoms with Crippen LogP contribution in [0.5, 0.6) is 5.75 Å². The van der Waals surface area contributed by atoms with Gasteiger partial charge < -0.3 is 10.1 Å². The number of hydrogen-bond donors (Lipinski definition) is 1. The molecule has 1 aromatic carbocycles. The van der Waals surface area contributed by atoms with Crippen LogP contribution in [0.4, 0.5) is 4.39 Å². The maximum Gasteiger partial charge on any atom is 0.254 e. The van der Waals surface area contributed by atoms with E-state index in [9.17, 15) is 9.18 Å². The van der Waals surface area contributed by atoms with Gasteiger partial charge in [-0.15, -0.1) is 0 Å². The Kier molecular flexibility index (Phi) is 4.94. The van der Waals surface area contributed by atoms with Gasteiger partial charge in [-0.1, -0.05) is 20.3 Å². The van der Waals surface area contributed by atoms with Crippen molar-refractivity contribution >= 4 is 5.91 Å². The Bertz CT molecular complexity index is 393. The highest BCUT2D eigenvalue weighted by molar-refractivity contribution is 5.94. The van der Waals surface area contributed by atoms with Gasteiger partial charge in [0.2, 0.25) is 0 Å². The smallest absolute Gasteiger partial charge is 0.254 e. The van der Waals surface area contributed by atoms with E-state index in [2.05, 4.69) is 5.32 Å². The molecule has 1 aromatic rings. The van der Waals surface area contributed by atoms with Gasteiger partial charge in [-0.05, 0) is 18.1 Å². The number of benzene rings is 1. The normalized spacial score (nSPS) is 12.0. The molecular weight excluding hydrogens is 221 g/mol. The maximum atomic E-state index is 13.6. The molecule has 0 saturated carbocycles. The largest absolute Gasteiger partial charge is 0.497 e. The van der Waals surface area contributed by atoms with Gasteiger partial charge in [-0.3, -0.25) is 4.79 Å². The second-order valence-electron chi connectivity index (χ2n) is 4.07. The standard InChI is InChI=1S/C13H18FNO2/c1-4-9(2)8-15-13(16)11-6-5-10(17-3)7-12(11)14/h5-7,9H,4,8H2,1-3H3,(H,15,16). The minimum atomic E-state index is -0.564. The molecule has 0 aliphatic heterocycles. The van der Waals surface area contributed by atoms with Crippen molar-refractivity contribution in [2.45, 2.75) is 20.3 Å². The highest BCUT2D eigenvalue weighted by Crippen LogP contribution is 2.16. The Balaban J connectivity index is 2.69. The van der Waals surface area contributed by atoms with Crippen LogP contribution in [0.2, 0.25) is 0 Å². The van der Waals surface area contributed by atoms with Crippen LogP contribution in [-0.4, -0.2) is 19.6 Å². The molecular formula is C13H18FNO2. The fourth-order valence-electron chi connectivity index (χ4n) is 1.31. The molecule has 1 rings (SSSR count). The first-order chi connectivity index (χ1) is 8.08. The third-order valence-corrected chi connectivity index (χ3v) is 2.73. The van der Waals surface area contributed by atoms with E-state index in [4.69, 9.17) is 4.74 Å². The lowest BCUT2D eigenvalue weighted by Gasteiger charge is -2.11. The molecule has 17 heavy (non-hydrogen) atoms. The van der Waals surface area contributed by atoms with E-state index in [1.54, 1.807) is 6.07 Å². The van der Waals surface area contributed by atoms with Crippen molar-refractivity contribution in [2.24, 2.45) is 5.92 Å². The van der Waals surface area contributed by atoms with Crippen LogP contribution in [0.15, 0.2) is 18.2 Å². The molecule has 94 valence electrons. The van der Waals surface area contributed by atoms with Crippen LogP contribution >= 0.6 is 0 Å². The van der Waals surface area contributed by atoms with Crippen molar-refractivity contribution in [1.82, 2.24) is 5.32 Å². The zero-order valence-corrected chi connectivity index (χ0v) is 10.4. The van der Waals surface area contributed by atoms with Crippen molar-refractivity contribution in [2.75, 3.05) is 13.7 Å². The fourth-order valence-corrected chi connectivity index (χ4v) is 1.31. The van der Waals surface area contributed by atoms with Crippen LogP contribution < -0.4 is 10.1 Å². The lowest BCUT2D eigenvalue weighted by molar-refractivity contribution is 0.0943. The average molecular weight is 239 g/mol. The van der Waals surface area contributed by atoms with Crippen molar-refractivity contribution in [1.29, 1.82) is 0 Å². The molecule has 0 radical (unpaired) electrons. The van der Waals surface area contributed by atoms with Crippen LogP contribution in [0.3, 0.4) is 0 Å². The Morgan fingerprint density at radius 2 is 2.24 bits per heavy atom. The summed E-state index contributed by atoms with van der Waals surface area (Å²) in [6, 6.07) is 4.21. The predicted molar refractivity (Wildman–Crippen MR) is 64.7 cm³/mol.